The molecule has 0 unspecified atom stereocenters. The lowest BCUT2D eigenvalue weighted by Crippen LogP contribution is -2.12. The molecule has 5 heteroatoms. The fourth-order valence-electron chi connectivity index (χ4n) is 3.19. The van der Waals surface area contributed by atoms with Crippen LogP contribution in [-0.2, 0) is 6.42 Å². The Morgan fingerprint density at radius 2 is 1.90 bits per heavy atom. The van der Waals surface area contributed by atoms with Crippen LogP contribution >= 0.6 is 0 Å². The fraction of sp³-hybridized carbons (Fsp3) is 0.200. The molecule has 0 aliphatic heterocycles. The molecule has 30 heavy (non-hydrogen) atoms. The molecular formula is C25H24N2O3. The highest BCUT2D eigenvalue weighted by atomic mass is 16.5. The second-order valence-electron chi connectivity index (χ2n) is 7.28. The first kappa shape index (κ1) is 19.7. The monoisotopic (exact) mass is 400 g/mol. The number of amides is 1. The molecule has 0 spiro atoms. The van der Waals surface area contributed by atoms with E-state index in [1.165, 1.54) is 0 Å². The van der Waals surface area contributed by atoms with Gasteiger partial charge in [-0.2, -0.15) is 0 Å². The van der Waals surface area contributed by atoms with Gasteiger partial charge >= 0.3 is 0 Å². The summed E-state index contributed by atoms with van der Waals surface area (Å²) < 4.78 is 11.4. The van der Waals surface area contributed by atoms with Crippen LogP contribution in [-0.4, -0.2) is 17.5 Å². The first-order valence-electron chi connectivity index (χ1n) is 10.1. The second-order valence-corrected chi connectivity index (χ2v) is 7.28. The van der Waals surface area contributed by atoms with Crippen molar-refractivity contribution < 1.29 is 13.9 Å². The van der Waals surface area contributed by atoms with E-state index in [9.17, 15) is 4.79 Å². The minimum absolute atomic E-state index is 0.168. The number of aromatic nitrogens is 1. The molecule has 1 amide bonds. The maximum Gasteiger partial charge on any atom is 0.255 e. The molecule has 1 N–H and O–H groups in total. The zero-order chi connectivity index (χ0) is 20.9. The van der Waals surface area contributed by atoms with Gasteiger partial charge in [-0.15, -0.1) is 0 Å². The van der Waals surface area contributed by atoms with E-state index in [-0.39, 0.29) is 5.91 Å². The zero-order valence-electron chi connectivity index (χ0n) is 17.1. The molecule has 0 aliphatic rings. The number of anilines is 1. The predicted octanol–water partition coefficient (Wildman–Crippen LogP) is 5.77. The van der Waals surface area contributed by atoms with Gasteiger partial charge in [0.15, 0.2) is 11.5 Å². The number of oxazole rings is 1. The summed E-state index contributed by atoms with van der Waals surface area (Å²) in [5, 5.41) is 2.93. The summed E-state index contributed by atoms with van der Waals surface area (Å²) in [4.78, 5) is 17.1. The van der Waals surface area contributed by atoms with Gasteiger partial charge in [-0.25, -0.2) is 4.98 Å². The van der Waals surface area contributed by atoms with Crippen molar-refractivity contribution in [2.24, 2.45) is 0 Å². The van der Waals surface area contributed by atoms with Gasteiger partial charge in [-0.3, -0.25) is 4.79 Å². The molecular weight excluding hydrogens is 376 g/mol. The largest absolute Gasteiger partial charge is 0.494 e. The zero-order valence-corrected chi connectivity index (χ0v) is 17.1. The van der Waals surface area contributed by atoms with E-state index in [2.05, 4.69) is 10.3 Å². The summed E-state index contributed by atoms with van der Waals surface area (Å²) >= 11 is 0. The number of carbonyl (C=O) groups excluding carboxylic acids is 1. The average molecular weight is 400 g/mol. The number of fused-ring (bicyclic) bond motifs is 1. The van der Waals surface area contributed by atoms with Gasteiger partial charge in [0.1, 0.15) is 11.3 Å². The molecule has 0 fully saturated rings. The van der Waals surface area contributed by atoms with Crippen molar-refractivity contribution in [3.63, 3.8) is 0 Å². The van der Waals surface area contributed by atoms with Gasteiger partial charge in [-0.05, 0) is 66.9 Å². The summed E-state index contributed by atoms with van der Waals surface area (Å²) in [5.74, 6) is 1.21. The van der Waals surface area contributed by atoms with Gasteiger partial charge < -0.3 is 14.5 Å². The molecule has 4 rings (SSSR count). The number of ether oxygens (including phenoxy) is 1. The second kappa shape index (κ2) is 8.82. The number of benzene rings is 3. The van der Waals surface area contributed by atoms with Crippen LogP contribution < -0.4 is 10.1 Å². The molecule has 0 aliphatic carbocycles. The SMILES string of the molecule is CCCOc1cccc(C(=O)Nc2ccc(Cc3nc4cc(C)ccc4o3)cc2)c1. The Balaban J connectivity index is 1.41. The van der Waals surface area contributed by atoms with Crippen LogP contribution in [0, 0.1) is 6.92 Å². The number of aryl methyl sites for hydroxylation is 1. The smallest absolute Gasteiger partial charge is 0.255 e. The van der Waals surface area contributed by atoms with E-state index in [1.54, 1.807) is 12.1 Å². The van der Waals surface area contributed by atoms with Crippen molar-refractivity contribution in [1.29, 1.82) is 0 Å². The Hall–Kier alpha value is -3.60. The molecule has 1 heterocycles. The van der Waals surface area contributed by atoms with E-state index in [4.69, 9.17) is 9.15 Å². The van der Waals surface area contributed by atoms with Crippen LogP contribution in [0.25, 0.3) is 11.1 Å². The van der Waals surface area contributed by atoms with Crippen LogP contribution in [0.5, 0.6) is 5.75 Å². The number of nitrogens with one attached hydrogen (secondary N) is 1. The summed E-state index contributed by atoms with van der Waals surface area (Å²) in [7, 11) is 0. The van der Waals surface area contributed by atoms with Crippen LogP contribution in [0.4, 0.5) is 5.69 Å². The van der Waals surface area contributed by atoms with Gasteiger partial charge in [0.25, 0.3) is 5.91 Å². The summed E-state index contributed by atoms with van der Waals surface area (Å²) in [5.41, 5.74) is 5.19. The van der Waals surface area contributed by atoms with Gasteiger partial charge in [-0.1, -0.05) is 31.2 Å². The highest BCUT2D eigenvalue weighted by molar-refractivity contribution is 6.04. The normalized spacial score (nSPS) is 10.9. The van der Waals surface area contributed by atoms with Crippen molar-refractivity contribution in [3.8, 4) is 5.75 Å². The number of hydrogen-bond acceptors (Lipinski definition) is 4. The molecule has 0 atom stereocenters. The Morgan fingerprint density at radius 1 is 1.07 bits per heavy atom. The molecule has 0 saturated carbocycles. The summed E-state index contributed by atoms with van der Waals surface area (Å²) in [6, 6.07) is 20.9. The van der Waals surface area contributed by atoms with Gasteiger partial charge in [0.2, 0.25) is 0 Å². The van der Waals surface area contributed by atoms with Crippen molar-refractivity contribution in [3.05, 3.63) is 89.3 Å². The van der Waals surface area contributed by atoms with E-state index < -0.39 is 0 Å². The minimum Gasteiger partial charge on any atom is -0.494 e. The van der Waals surface area contributed by atoms with Crippen LogP contribution in [0.15, 0.2) is 71.1 Å². The van der Waals surface area contributed by atoms with Crippen molar-refractivity contribution in [2.45, 2.75) is 26.7 Å². The van der Waals surface area contributed by atoms with Gasteiger partial charge in [0.05, 0.1) is 6.61 Å². The van der Waals surface area contributed by atoms with E-state index in [1.807, 2.05) is 68.4 Å². The minimum atomic E-state index is -0.168. The Labute approximate surface area is 175 Å². The summed E-state index contributed by atoms with van der Waals surface area (Å²) in [6.45, 7) is 4.72. The molecule has 4 aromatic rings. The predicted molar refractivity (Wildman–Crippen MR) is 118 cm³/mol. The first-order chi connectivity index (χ1) is 14.6. The molecule has 0 radical (unpaired) electrons. The highest BCUT2D eigenvalue weighted by Crippen LogP contribution is 2.20. The molecule has 0 bridgehead atoms. The van der Waals surface area contributed by atoms with E-state index in [0.29, 0.717) is 30.2 Å². The third-order valence-electron chi connectivity index (χ3n) is 4.72. The maximum atomic E-state index is 12.6. The maximum absolute atomic E-state index is 12.6. The molecule has 5 nitrogen and oxygen atoms in total. The standard InChI is InChI=1S/C25H24N2O3/c1-3-13-29-21-6-4-5-19(16-21)25(28)26-20-10-8-18(9-11-20)15-24-27-22-14-17(2)7-12-23(22)30-24/h4-12,14,16H,3,13,15H2,1-2H3,(H,26,28). The fourth-order valence-corrected chi connectivity index (χ4v) is 3.19. The van der Waals surface area contributed by atoms with Crippen molar-refractivity contribution in [1.82, 2.24) is 4.98 Å². The molecule has 0 saturated heterocycles. The Kier molecular flexibility index (Phi) is 5.80. The highest BCUT2D eigenvalue weighted by Gasteiger charge is 2.09. The molecule has 3 aromatic carbocycles. The Bertz CT molecular complexity index is 1160. The number of hydrogen-bond donors (Lipinski definition) is 1. The third kappa shape index (κ3) is 4.69. The van der Waals surface area contributed by atoms with Crippen LogP contribution in [0.1, 0.15) is 40.7 Å². The lowest BCUT2D eigenvalue weighted by molar-refractivity contribution is 0.102. The average Bonchev–Trinajstić information content (AvgIpc) is 3.15. The van der Waals surface area contributed by atoms with Crippen molar-refractivity contribution in [2.75, 3.05) is 11.9 Å². The lowest BCUT2D eigenvalue weighted by atomic mass is 10.1. The number of rotatable bonds is 7. The molecule has 152 valence electrons. The number of nitrogens with zero attached hydrogens (tertiary/aromatic N) is 1. The lowest BCUT2D eigenvalue weighted by Gasteiger charge is -2.08. The van der Waals surface area contributed by atoms with Crippen molar-refractivity contribution >= 4 is 22.7 Å². The quantitative estimate of drug-likeness (QED) is 0.428. The van der Waals surface area contributed by atoms with Crippen LogP contribution in [0.3, 0.4) is 0 Å². The first-order valence-corrected chi connectivity index (χ1v) is 10.1. The molecule has 1 aromatic heterocycles. The summed E-state index contributed by atoms with van der Waals surface area (Å²) in [6.07, 6.45) is 1.52. The topological polar surface area (TPSA) is 64.4 Å². The van der Waals surface area contributed by atoms with Crippen LogP contribution in [0.2, 0.25) is 0 Å². The van der Waals surface area contributed by atoms with E-state index >= 15 is 0 Å². The van der Waals surface area contributed by atoms with Gasteiger partial charge in [0, 0.05) is 17.7 Å². The van der Waals surface area contributed by atoms with E-state index in [0.717, 1.165) is 34.3 Å². The number of carbonyl (C=O) groups is 1. The third-order valence-corrected chi connectivity index (χ3v) is 4.72. The Morgan fingerprint density at radius 3 is 2.70 bits per heavy atom.